The zero-order valence-corrected chi connectivity index (χ0v) is 30.6. The van der Waals surface area contributed by atoms with Gasteiger partial charge in [0, 0.05) is 11.8 Å². The maximum atomic E-state index is 13.1. The molecule has 0 radical (unpaired) electrons. The van der Waals surface area contributed by atoms with Gasteiger partial charge in [0.2, 0.25) is 0 Å². The van der Waals surface area contributed by atoms with Crippen LogP contribution in [0, 0.1) is 56.7 Å². The first-order valence-electron chi connectivity index (χ1n) is 19.6. The van der Waals surface area contributed by atoms with Crippen molar-refractivity contribution < 1.29 is 9.53 Å². The molecule has 0 aromatic heterocycles. The largest absolute Gasteiger partial charge is 0.462 e. The van der Waals surface area contributed by atoms with Crippen molar-refractivity contribution in [1.82, 2.24) is 0 Å². The molecule has 0 aromatic carbocycles. The lowest BCUT2D eigenvalue weighted by molar-refractivity contribution is -0.249. The van der Waals surface area contributed by atoms with E-state index in [0.29, 0.717) is 34.0 Å². The number of carbonyl (C=O) groups is 1. The molecule has 44 heavy (non-hydrogen) atoms. The van der Waals surface area contributed by atoms with Crippen molar-refractivity contribution >= 4 is 5.97 Å². The van der Waals surface area contributed by atoms with Crippen molar-refractivity contribution in [2.24, 2.45) is 56.7 Å². The average Bonchev–Trinajstić information content (AvgIpc) is 3.32. The predicted molar refractivity (Wildman–Crippen MR) is 186 cm³/mol. The Morgan fingerprint density at radius 3 is 2.02 bits per heavy atom. The van der Waals surface area contributed by atoms with Gasteiger partial charge in [-0.3, -0.25) is 4.79 Å². The van der Waals surface area contributed by atoms with E-state index in [0.717, 1.165) is 36.5 Å². The van der Waals surface area contributed by atoms with Gasteiger partial charge in [0.15, 0.2) is 0 Å². The molecule has 10 atom stereocenters. The van der Waals surface area contributed by atoms with Crippen LogP contribution in [0.15, 0.2) is 12.2 Å². The summed E-state index contributed by atoms with van der Waals surface area (Å²) in [5, 5.41) is 0. The highest BCUT2D eigenvalue weighted by molar-refractivity contribution is 5.69. The lowest BCUT2D eigenvalue weighted by atomic mass is 9.32. The summed E-state index contributed by atoms with van der Waals surface area (Å²) in [5.41, 5.74) is 3.20. The van der Waals surface area contributed by atoms with E-state index in [1.54, 1.807) is 0 Å². The van der Waals surface area contributed by atoms with Crippen LogP contribution < -0.4 is 0 Å². The number of rotatable bonds is 12. The molecule has 2 heteroatoms. The van der Waals surface area contributed by atoms with Gasteiger partial charge in [0.1, 0.15) is 6.10 Å². The number of unbranched alkanes of at least 4 members (excludes halogenated alkanes) is 8. The molecular weight excluding hydrogens is 536 g/mol. The topological polar surface area (TPSA) is 26.3 Å². The third-order valence-corrected chi connectivity index (χ3v) is 16.2. The second-order valence-corrected chi connectivity index (χ2v) is 18.8. The molecule has 0 spiro atoms. The zero-order chi connectivity index (χ0) is 32.0. The number of hydrogen-bond donors (Lipinski definition) is 0. The van der Waals surface area contributed by atoms with Gasteiger partial charge in [0.05, 0.1) is 0 Å². The second-order valence-electron chi connectivity index (χ2n) is 18.8. The third kappa shape index (κ3) is 5.80. The fourth-order valence-corrected chi connectivity index (χ4v) is 13.5. The predicted octanol–water partition coefficient (Wildman–Crippen LogP) is 12.5. The average molecular weight is 609 g/mol. The molecule has 2 nitrogen and oxygen atoms in total. The van der Waals surface area contributed by atoms with Crippen LogP contribution in [0.1, 0.15) is 184 Å². The van der Waals surface area contributed by atoms with Gasteiger partial charge in [0.25, 0.3) is 0 Å². The molecule has 5 fully saturated rings. The van der Waals surface area contributed by atoms with Crippen LogP contribution in [-0.2, 0) is 9.53 Å². The van der Waals surface area contributed by atoms with Gasteiger partial charge in [-0.1, -0.05) is 112 Å². The molecule has 0 saturated heterocycles. The third-order valence-electron chi connectivity index (χ3n) is 16.2. The van der Waals surface area contributed by atoms with E-state index >= 15 is 0 Å². The molecule has 5 rings (SSSR count). The van der Waals surface area contributed by atoms with Crippen LogP contribution in [0.5, 0.6) is 0 Å². The molecule has 0 bridgehead atoms. The van der Waals surface area contributed by atoms with Crippen molar-refractivity contribution in [2.75, 3.05) is 0 Å². The van der Waals surface area contributed by atoms with Crippen molar-refractivity contribution in [2.45, 2.75) is 190 Å². The van der Waals surface area contributed by atoms with Crippen LogP contribution in [0.25, 0.3) is 0 Å². The minimum atomic E-state index is 0.0435. The highest BCUT2D eigenvalue weighted by Gasteiger charge is 2.70. The Kier molecular flexibility index (Phi) is 10.2. The normalized spacial score (nSPS) is 44.2. The first-order chi connectivity index (χ1) is 20.7. The number of esters is 1. The molecule has 0 aromatic rings. The van der Waals surface area contributed by atoms with Crippen LogP contribution in [0.4, 0.5) is 0 Å². The standard InChI is InChI=1S/C42H72O2/c1-10-11-12-13-14-15-16-17-18-19-36(43)44-35-24-26-40(7)33(38(35,4)5)23-27-42(9)34(40)21-20-32-37-31(30(2)3)22-25-39(37,6)28-29-41(32,42)8/h31-35,37H,2,10-29H2,1,3-9H3. The maximum Gasteiger partial charge on any atom is 0.306 e. The summed E-state index contributed by atoms with van der Waals surface area (Å²) >= 11 is 0. The van der Waals surface area contributed by atoms with E-state index in [2.05, 4.69) is 62.0 Å². The van der Waals surface area contributed by atoms with Crippen LogP contribution in [0.2, 0.25) is 0 Å². The highest BCUT2D eigenvalue weighted by atomic mass is 16.5. The van der Waals surface area contributed by atoms with E-state index in [1.165, 1.54) is 115 Å². The van der Waals surface area contributed by atoms with Gasteiger partial charge >= 0.3 is 5.97 Å². The molecule has 5 aliphatic rings. The van der Waals surface area contributed by atoms with Gasteiger partial charge in [-0.05, 0) is 129 Å². The van der Waals surface area contributed by atoms with E-state index < -0.39 is 0 Å². The van der Waals surface area contributed by atoms with Crippen LogP contribution in [-0.4, -0.2) is 12.1 Å². The van der Waals surface area contributed by atoms with Gasteiger partial charge in [-0.25, -0.2) is 0 Å². The lowest BCUT2D eigenvalue weighted by Crippen LogP contribution is -2.66. The van der Waals surface area contributed by atoms with Crippen molar-refractivity contribution in [3.63, 3.8) is 0 Å². The summed E-state index contributed by atoms with van der Waals surface area (Å²) in [6, 6.07) is 0. The molecule has 252 valence electrons. The fraction of sp³-hybridized carbons (Fsp3) is 0.929. The number of fused-ring (bicyclic) bond motifs is 7. The number of ether oxygens (including phenoxy) is 1. The van der Waals surface area contributed by atoms with E-state index in [4.69, 9.17) is 4.74 Å². The molecule has 0 aliphatic heterocycles. The Bertz CT molecular complexity index is 1030. The van der Waals surface area contributed by atoms with Crippen molar-refractivity contribution in [3.8, 4) is 0 Å². The van der Waals surface area contributed by atoms with Crippen molar-refractivity contribution in [3.05, 3.63) is 12.2 Å². The van der Waals surface area contributed by atoms with Gasteiger partial charge in [-0.2, -0.15) is 0 Å². The summed E-state index contributed by atoms with van der Waals surface area (Å²) in [4.78, 5) is 13.1. The van der Waals surface area contributed by atoms with Crippen molar-refractivity contribution in [1.29, 1.82) is 0 Å². The fourth-order valence-electron chi connectivity index (χ4n) is 13.5. The van der Waals surface area contributed by atoms with Gasteiger partial charge < -0.3 is 4.74 Å². The molecule has 5 aliphatic carbocycles. The quantitative estimate of drug-likeness (QED) is 0.125. The SMILES string of the molecule is C=C(C)C1CCC2(C)CCC3(C)C(CCC4C5(C)CCC(OC(=O)CCCCCCCCCCC)C(C)(C)C5CCC43C)C12. The summed E-state index contributed by atoms with van der Waals surface area (Å²) in [5.74, 6) is 3.89. The van der Waals surface area contributed by atoms with Gasteiger partial charge in [-0.15, -0.1) is 0 Å². The Labute approximate surface area is 273 Å². The highest BCUT2D eigenvalue weighted by Crippen LogP contribution is 2.77. The number of allylic oxidation sites excluding steroid dienone is 1. The molecule has 0 amide bonds. The molecule has 0 N–H and O–H groups in total. The molecule has 10 unspecified atom stereocenters. The lowest BCUT2D eigenvalue weighted by Gasteiger charge is -2.73. The monoisotopic (exact) mass is 609 g/mol. The Morgan fingerprint density at radius 2 is 1.36 bits per heavy atom. The zero-order valence-electron chi connectivity index (χ0n) is 30.6. The Morgan fingerprint density at radius 1 is 0.705 bits per heavy atom. The smallest absolute Gasteiger partial charge is 0.306 e. The summed E-state index contributed by atoms with van der Waals surface area (Å²) in [6.07, 6.45) is 25.6. The summed E-state index contributed by atoms with van der Waals surface area (Å²) < 4.78 is 6.38. The Hall–Kier alpha value is -0.790. The molecule has 5 saturated carbocycles. The first-order valence-corrected chi connectivity index (χ1v) is 19.6. The summed E-state index contributed by atoms with van der Waals surface area (Å²) in [6.45, 7) is 24.9. The first kappa shape index (κ1) is 34.5. The molecule has 0 heterocycles. The minimum Gasteiger partial charge on any atom is -0.462 e. The van der Waals surface area contributed by atoms with Crippen LogP contribution in [0.3, 0.4) is 0 Å². The number of hydrogen-bond acceptors (Lipinski definition) is 2. The number of carbonyl (C=O) groups excluding carboxylic acids is 1. The van der Waals surface area contributed by atoms with E-state index in [-0.39, 0.29) is 17.5 Å². The van der Waals surface area contributed by atoms with Crippen LogP contribution >= 0.6 is 0 Å². The maximum absolute atomic E-state index is 13.1. The summed E-state index contributed by atoms with van der Waals surface area (Å²) in [7, 11) is 0. The van der Waals surface area contributed by atoms with E-state index in [9.17, 15) is 4.79 Å². The minimum absolute atomic E-state index is 0.0435. The Balaban J connectivity index is 1.21. The second kappa shape index (κ2) is 13.0. The molecular formula is C42H72O2. The van der Waals surface area contributed by atoms with E-state index in [1.807, 2.05) is 0 Å².